The highest BCUT2D eigenvalue weighted by molar-refractivity contribution is 5.78. The number of carbonyl (C=O) groups excluding carboxylic acids is 1. The van der Waals surface area contributed by atoms with Gasteiger partial charge >= 0.3 is 5.97 Å². The molecule has 1 aliphatic carbocycles. The van der Waals surface area contributed by atoms with Crippen LogP contribution in [0.4, 0.5) is 0 Å². The molecule has 1 aliphatic rings. The van der Waals surface area contributed by atoms with Gasteiger partial charge in [-0.25, -0.2) is 4.79 Å². The molecule has 0 aromatic carbocycles. The summed E-state index contributed by atoms with van der Waals surface area (Å²) in [5, 5.41) is 0. The van der Waals surface area contributed by atoms with Crippen molar-refractivity contribution < 1.29 is 14.3 Å². The lowest BCUT2D eigenvalue weighted by molar-refractivity contribution is -0.174. The normalized spacial score (nSPS) is 18.6. The van der Waals surface area contributed by atoms with Gasteiger partial charge in [-0.2, -0.15) is 0 Å². The van der Waals surface area contributed by atoms with Crippen LogP contribution in [0.5, 0.6) is 0 Å². The molecular formula is C9H16O3. The first kappa shape index (κ1) is 9.52. The molecule has 0 bridgehead atoms. The quantitative estimate of drug-likeness (QED) is 0.605. The fraction of sp³-hybridized carbons (Fsp3) is 0.889. The first-order chi connectivity index (χ1) is 5.56. The van der Waals surface area contributed by atoms with Gasteiger partial charge in [0.1, 0.15) is 6.10 Å². The molecule has 0 N–H and O–H groups in total. The topological polar surface area (TPSA) is 35.5 Å². The molecule has 0 heterocycles. The van der Waals surface area contributed by atoms with Crippen LogP contribution in [0.1, 0.15) is 33.1 Å². The van der Waals surface area contributed by atoms with Gasteiger partial charge in [0.05, 0.1) is 0 Å². The highest BCUT2D eigenvalue weighted by Gasteiger charge is 2.32. The Bertz CT molecular complexity index is 171. The summed E-state index contributed by atoms with van der Waals surface area (Å²) in [6, 6.07) is 0. The van der Waals surface area contributed by atoms with Crippen LogP contribution >= 0.6 is 0 Å². The lowest BCUT2D eigenvalue weighted by Gasteiger charge is -2.29. The molecule has 1 rings (SSSR count). The van der Waals surface area contributed by atoms with Crippen molar-refractivity contribution in [3.8, 4) is 0 Å². The molecule has 0 amide bonds. The minimum atomic E-state index is -0.796. The van der Waals surface area contributed by atoms with E-state index in [1.165, 1.54) is 13.5 Å². The van der Waals surface area contributed by atoms with Gasteiger partial charge in [-0.15, -0.1) is 0 Å². The van der Waals surface area contributed by atoms with Crippen molar-refractivity contribution in [1.29, 1.82) is 0 Å². The van der Waals surface area contributed by atoms with Crippen LogP contribution in [-0.4, -0.2) is 24.8 Å². The maximum atomic E-state index is 11.4. The van der Waals surface area contributed by atoms with Gasteiger partial charge in [-0.3, -0.25) is 0 Å². The first-order valence-electron chi connectivity index (χ1n) is 4.32. The minimum absolute atomic E-state index is 0.145. The van der Waals surface area contributed by atoms with Crippen molar-refractivity contribution in [3.05, 3.63) is 0 Å². The van der Waals surface area contributed by atoms with Crippen LogP contribution in [0.2, 0.25) is 0 Å². The van der Waals surface area contributed by atoms with Crippen LogP contribution in [0.15, 0.2) is 0 Å². The lowest BCUT2D eigenvalue weighted by atomic mass is 9.96. The molecule has 0 atom stereocenters. The van der Waals surface area contributed by atoms with Crippen molar-refractivity contribution in [2.24, 2.45) is 0 Å². The van der Waals surface area contributed by atoms with E-state index in [4.69, 9.17) is 9.47 Å². The summed E-state index contributed by atoms with van der Waals surface area (Å²) < 4.78 is 10.2. The Balaban J connectivity index is 2.35. The highest BCUT2D eigenvalue weighted by atomic mass is 16.6. The van der Waals surface area contributed by atoms with E-state index in [1.807, 2.05) is 0 Å². The summed E-state index contributed by atoms with van der Waals surface area (Å²) in [5.74, 6) is -0.255. The van der Waals surface area contributed by atoms with Crippen molar-refractivity contribution in [3.63, 3.8) is 0 Å². The zero-order valence-electron chi connectivity index (χ0n) is 7.92. The smallest absolute Gasteiger partial charge is 0.338 e. The van der Waals surface area contributed by atoms with Gasteiger partial charge < -0.3 is 9.47 Å². The van der Waals surface area contributed by atoms with E-state index in [9.17, 15) is 4.79 Å². The minimum Gasteiger partial charge on any atom is -0.460 e. The molecule has 70 valence electrons. The summed E-state index contributed by atoms with van der Waals surface area (Å²) >= 11 is 0. The third kappa shape index (κ3) is 1.97. The maximum absolute atomic E-state index is 11.4. The van der Waals surface area contributed by atoms with Crippen molar-refractivity contribution >= 4 is 5.97 Å². The van der Waals surface area contributed by atoms with E-state index in [-0.39, 0.29) is 12.1 Å². The lowest BCUT2D eigenvalue weighted by Crippen LogP contribution is -2.39. The van der Waals surface area contributed by atoms with E-state index >= 15 is 0 Å². The van der Waals surface area contributed by atoms with E-state index in [0.29, 0.717) is 0 Å². The average molecular weight is 172 g/mol. The SMILES string of the molecule is COC(C)(C)C(=O)OC1CCC1. The number of esters is 1. The third-order valence-electron chi connectivity index (χ3n) is 2.33. The van der Waals surface area contributed by atoms with Crippen molar-refractivity contribution in [1.82, 2.24) is 0 Å². The molecule has 0 spiro atoms. The second-order valence-electron chi connectivity index (χ2n) is 3.67. The molecule has 0 aliphatic heterocycles. The molecule has 1 fully saturated rings. The predicted molar refractivity (Wildman–Crippen MR) is 44.8 cm³/mol. The van der Waals surface area contributed by atoms with Crippen LogP contribution in [0.3, 0.4) is 0 Å². The monoisotopic (exact) mass is 172 g/mol. The Morgan fingerprint density at radius 2 is 2.00 bits per heavy atom. The Labute approximate surface area is 73.0 Å². The number of rotatable bonds is 3. The Morgan fingerprint density at radius 3 is 2.33 bits per heavy atom. The van der Waals surface area contributed by atoms with Crippen molar-refractivity contribution in [2.45, 2.75) is 44.8 Å². The van der Waals surface area contributed by atoms with Gasteiger partial charge in [0.15, 0.2) is 5.60 Å². The average Bonchev–Trinajstić information content (AvgIpc) is 1.96. The summed E-state index contributed by atoms with van der Waals surface area (Å²) in [6.07, 6.45) is 3.33. The molecule has 0 aromatic heterocycles. The molecule has 3 heteroatoms. The number of hydrogen-bond donors (Lipinski definition) is 0. The second-order valence-corrected chi connectivity index (χ2v) is 3.67. The summed E-state index contributed by atoms with van der Waals surface area (Å²) in [4.78, 5) is 11.4. The second kappa shape index (κ2) is 3.44. The van der Waals surface area contributed by atoms with E-state index in [1.54, 1.807) is 13.8 Å². The third-order valence-corrected chi connectivity index (χ3v) is 2.33. The maximum Gasteiger partial charge on any atom is 0.338 e. The van der Waals surface area contributed by atoms with Gasteiger partial charge in [0.2, 0.25) is 0 Å². The Morgan fingerprint density at radius 1 is 1.42 bits per heavy atom. The largest absolute Gasteiger partial charge is 0.460 e. The van der Waals surface area contributed by atoms with Gasteiger partial charge in [0, 0.05) is 7.11 Å². The van der Waals surface area contributed by atoms with E-state index in [2.05, 4.69) is 0 Å². The number of ether oxygens (including phenoxy) is 2. The highest BCUT2D eigenvalue weighted by Crippen LogP contribution is 2.24. The summed E-state index contributed by atoms with van der Waals surface area (Å²) in [5.41, 5.74) is -0.796. The molecule has 0 radical (unpaired) electrons. The Hall–Kier alpha value is -0.570. The van der Waals surface area contributed by atoms with E-state index < -0.39 is 5.60 Å². The number of methoxy groups -OCH3 is 1. The fourth-order valence-electron chi connectivity index (χ4n) is 0.865. The summed E-state index contributed by atoms with van der Waals surface area (Å²) in [7, 11) is 1.52. The standard InChI is InChI=1S/C9H16O3/c1-9(2,11-3)8(10)12-7-5-4-6-7/h7H,4-6H2,1-3H3. The molecular weight excluding hydrogens is 156 g/mol. The molecule has 3 nitrogen and oxygen atoms in total. The van der Waals surface area contributed by atoms with Crippen LogP contribution in [0, 0.1) is 0 Å². The predicted octanol–water partition coefficient (Wildman–Crippen LogP) is 1.51. The Kier molecular flexibility index (Phi) is 2.73. The zero-order valence-corrected chi connectivity index (χ0v) is 7.92. The van der Waals surface area contributed by atoms with Crippen molar-refractivity contribution in [2.75, 3.05) is 7.11 Å². The molecule has 0 aromatic rings. The number of carbonyl (C=O) groups is 1. The summed E-state index contributed by atoms with van der Waals surface area (Å²) in [6.45, 7) is 3.43. The van der Waals surface area contributed by atoms with Gasteiger partial charge in [-0.05, 0) is 33.1 Å². The fourth-order valence-corrected chi connectivity index (χ4v) is 0.865. The van der Waals surface area contributed by atoms with E-state index in [0.717, 1.165) is 12.8 Å². The van der Waals surface area contributed by atoms with Crippen LogP contribution in [-0.2, 0) is 14.3 Å². The first-order valence-corrected chi connectivity index (χ1v) is 4.32. The zero-order chi connectivity index (χ0) is 9.19. The number of hydrogen-bond acceptors (Lipinski definition) is 3. The van der Waals surface area contributed by atoms with Crippen LogP contribution in [0.25, 0.3) is 0 Å². The van der Waals surface area contributed by atoms with Gasteiger partial charge in [0.25, 0.3) is 0 Å². The molecule has 0 saturated heterocycles. The van der Waals surface area contributed by atoms with Crippen LogP contribution < -0.4 is 0 Å². The van der Waals surface area contributed by atoms with Gasteiger partial charge in [-0.1, -0.05) is 0 Å². The molecule has 12 heavy (non-hydrogen) atoms. The molecule has 0 unspecified atom stereocenters. The molecule has 1 saturated carbocycles.